The average molecular weight is 343 g/mol. The van der Waals surface area contributed by atoms with Crippen molar-refractivity contribution in [3.8, 4) is 29.1 Å². The van der Waals surface area contributed by atoms with Crippen LogP contribution in [-0.2, 0) is 0 Å². The molecule has 2 aromatic carbocycles. The van der Waals surface area contributed by atoms with E-state index in [0.29, 0.717) is 33.9 Å². The molecule has 2 rings (SSSR count). The van der Waals surface area contributed by atoms with Crippen molar-refractivity contribution in [2.75, 3.05) is 28.4 Å². The van der Waals surface area contributed by atoms with Crippen LogP contribution in [0, 0.1) is 17.1 Å². The molecule has 0 aromatic heterocycles. The van der Waals surface area contributed by atoms with E-state index in [0.717, 1.165) is 0 Å². The molecular formula is C19H18FNO4. The third-order valence-corrected chi connectivity index (χ3v) is 3.58. The van der Waals surface area contributed by atoms with Crippen LogP contribution in [-0.4, -0.2) is 28.4 Å². The maximum absolute atomic E-state index is 13.8. The molecule has 130 valence electrons. The fourth-order valence-electron chi connectivity index (χ4n) is 2.36. The van der Waals surface area contributed by atoms with Crippen LogP contribution in [0.25, 0.3) is 11.6 Å². The summed E-state index contributed by atoms with van der Waals surface area (Å²) in [4.78, 5) is 0. The zero-order chi connectivity index (χ0) is 18.4. The maximum Gasteiger partial charge on any atom is 0.203 e. The molecule has 0 aliphatic heterocycles. The number of allylic oxidation sites excluding steroid dienone is 1. The second-order valence-corrected chi connectivity index (χ2v) is 4.98. The molecule has 0 bridgehead atoms. The van der Waals surface area contributed by atoms with Crippen molar-refractivity contribution in [3.05, 3.63) is 47.3 Å². The minimum atomic E-state index is -0.501. The van der Waals surface area contributed by atoms with Gasteiger partial charge in [0.1, 0.15) is 0 Å². The highest BCUT2D eigenvalue weighted by atomic mass is 19.1. The largest absolute Gasteiger partial charge is 0.494 e. The highest BCUT2D eigenvalue weighted by Crippen LogP contribution is 2.40. The molecule has 25 heavy (non-hydrogen) atoms. The smallest absolute Gasteiger partial charge is 0.203 e. The first-order valence-electron chi connectivity index (χ1n) is 7.33. The minimum absolute atomic E-state index is 0.142. The van der Waals surface area contributed by atoms with Gasteiger partial charge in [-0.1, -0.05) is 6.07 Å². The van der Waals surface area contributed by atoms with Crippen molar-refractivity contribution in [1.82, 2.24) is 0 Å². The van der Waals surface area contributed by atoms with Gasteiger partial charge in [0, 0.05) is 0 Å². The number of benzene rings is 2. The SMILES string of the molecule is COc1ccc(/C=C(\C#N)c2cc(OC)c(OC)c(OC)c2)cc1F. The second kappa shape index (κ2) is 8.06. The standard InChI is InChI=1S/C19H18FNO4/c1-22-16-6-5-12(8-15(16)20)7-14(11-21)13-9-17(23-2)19(25-4)18(10-13)24-3/h5-10H,1-4H3/b14-7+. The Hall–Kier alpha value is -3.20. The molecule has 0 spiro atoms. The van der Waals surface area contributed by atoms with Crippen molar-refractivity contribution in [2.45, 2.75) is 0 Å². The highest BCUT2D eigenvalue weighted by Gasteiger charge is 2.15. The predicted molar refractivity (Wildman–Crippen MR) is 92.5 cm³/mol. The zero-order valence-electron chi connectivity index (χ0n) is 14.4. The summed E-state index contributed by atoms with van der Waals surface area (Å²) < 4.78 is 34.6. The summed E-state index contributed by atoms with van der Waals surface area (Å²) in [5, 5.41) is 9.51. The van der Waals surface area contributed by atoms with Gasteiger partial charge in [-0.05, 0) is 41.5 Å². The van der Waals surface area contributed by atoms with Gasteiger partial charge in [-0.3, -0.25) is 0 Å². The van der Waals surface area contributed by atoms with Crippen molar-refractivity contribution in [3.63, 3.8) is 0 Å². The molecule has 0 fully saturated rings. The molecule has 0 aliphatic rings. The van der Waals surface area contributed by atoms with Gasteiger partial charge in [0.2, 0.25) is 5.75 Å². The van der Waals surface area contributed by atoms with Gasteiger partial charge < -0.3 is 18.9 Å². The maximum atomic E-state index is 13.8. The van der Waals surface area contributed by atoms with E-state index in [2.05, 4.69) is 6.07 Å². The Morgan fingerprint density at radius 1 is 0.920 bits per heavy atom. The van der Waals surface area contributed by atoms with Crippen LogP contribution in [0.2, 0.25) is 0 Å². The van der Waals surface area contributed by atoms with E-state index < -0.39 is 5.82 Å². The number of nitrogens with zero attached hydrogens (tertiary/aromatic N) is 1. The summed E-state index contributed by atoms with van der Waals surface area (Å²) in [7, 11) is 5.89. The van der Waals surface area contributed by atoms with Gasteiger partial charge in [-0.15, -0.1) is 0 Å². The van der Waals surface area contributed by atoms with Gasteiger partial charge in [0.25, 0.3) is 0 Å². The van der Waals surface area contributed by atoms with Gasteiger partial charge in [0.15, 0.2) is 23.1 Å². The van der Waals surface area contributed by atoms with Crippen LogP contribution in [0.5, 0.6) is 23.0 Å². The molecule has 0 radical (unpaired) electrons. The lowest BCUT2D eigenvalue weighted by molar-refractivity contribution is 0.324. The van der Waals surface area contributed by atoms with Crippen LogP contribution >= 0.6 is 0 Å². The average Bonchev–Trinajstić information content (AvgIpc) is 2.64. The lowest BCUT2D eigenvalue weighted by Crippen LogP contribution is -1.96. The minimum Gasteiger partial charge on any atom is -0.494 e. The first-order chi connectivity index (χ1) is 12.1. The van der Waals surface area contributed by atoms with Gasteiger partial charge >= 0.3 is 0 Å². The van der Waals surface area contributed by atoms with E-state index in [1.54, 1.807) is 24.3 Å². The Labute approximate surface area is 145 Å². The number of rotatable bonds is 6. The Morgan fingerprint density at radius 2 is 1.52 bits per heavy atom. The molecule has 0 heterocycles. The van der Waals surface area contributed by atoms with Gasteiger partial charge in [-0.2, -0.15) is 5.26 Å². The molecule has 0 N–H and O–H groups in total. The highest BCUT2D eigenvalue weighted by molar-refractivity contribution is 5.90. The van der Waals surface area contributed by atoms with Crippen molar-refractivity contribution < 1.29 is 23.3 Å². The van der Waals surface area contributed by atoms with Gasteiger partial charge in [0.05, 0.1) is 40.1 Å². The van der Waals surface area contributed by atoms with Crippen LogP contribution < -0.4 is 18.9 Å². The molecule has 0 saturated heterocycles. The van der Waals surface area contributed by atoms with Crippen LogP contribution in [0.1, 0.15) is 11.1 Å². The summed E-state index contributed by atoms with van der Waals surface area (Å²) in [6.07, 6.45) is 1.57. The number of hydrogen-bond donors (Lipinski definition) is 0. The number of methoxy groups -OCH3 is 4. The van der Waals surface area contributed by atoms with Crippen molar-refractivity contribution in [2.24, 2.45) is 0 Å². The normalized spacial score (nSPS) is 10.8. The Kier molecular flexibility index (Phi) is 5.85. The molecular weight excluding hydrogens is 325 g/mol. The molecule has 6 heteroatoms. The van der Waals surface area contributed by atoms with E-state index in [1.165, 1.54) is 40.6 Å². The van der Waals surface area contributed by atoms with E-state index in [1.807, 2.05) is 0 Å². The van der Waals surface area contributed by atoms with Gasteiger partial charge in [-0.25, -0.2) is 4.39 Å². The number of hydrogen-bond acceptors (Lipinski definition) is 5. The topological polar surface area (TPSA) is 60.7 Å². The number of ether oxygens (including phenoxy) is 4. The van der Waals surface area contributed by atoms with Crippen molar-refractivity contribution in [1.29, 1.82) is 5.26 Å². The zero-order valence-corrected chi connectivity index (χ0v) is 14.4. The van der Waals surface area contributed by atoms with E-state index >= 15 is 0 Å². The summed E-state index contributed by atoms with van der Waals surface area (Å²) >= 11 is 0. The fourth-order valence-corrected chi connectivity index (χ4v) is 2.36. The fraction of sp³-hybridized carbons (Fsp3) is 0.211. The first-order valence-corrected chi connectivity index (χ1v) is 7.33. The second-order valence-electron chi connectivity index (χ2n) is 4.98. The molecule has 0 aliphatic carbocycles. The van der Waals surface area contributed by atoms with Crippen molar-refractivity contribution >= 4 is 11.6 Å². The number of halogens is 1. The predicted octanol–water partition coefficient (Wildman–Crippen LogP) is 3.92. The Bertz CT molecular complexity index is 815. The quantitative estimate of drug-likeness (QED) is 0.587. The summed E-state index contributed by atoms with van der Waals surface area (Å²) in [6.45, 7) is 0. The number of nitriles is 1. The van der Waals surface area contributed by atoms with Crippen LogP contribution in [0.3, 0.4) is 0 Å². The first kappa shape index (κ1) is 18.1. The Balaban J connectivity index is 2.54. The lowest BCUT2D eigenvalue weighted by Gasteiger charge is -2.13. The molecule has 0 saturated carbocycles. The molecule has 0 amide bonds. The summed E-state index contributed by atoms with van der Waals surface area (Å²) in [5.74, 6) is 0.932. The molecule has 2 aromatic rings. The third kappa shape index (κ3) is 3.83. The van der Waals surface area contributed by atoms with Crippen LogP contribution in [0.15, 0.2) is 30.3 Å². The molecule has 5 nitrogen and oxygen atoms in total. The monoisotopic (exact) mass is 343 g/mol. The van der Waals surface area contributed by atoms with E-state index in [-0.39, 0.29) is 5.75 Å². The van der Waals surface area contributed by atoms with E-state index in [4.69, 9.17) is 18.9 Å². The summed E-state index contributed by atoms with van der Waals surface area (Å²) in [5.41, 5.74) is 1.42. The lowest BCUT2D eigenvalue weighted by atomic mass is 10.0. The third-order valence-electron chi connectivity index (χ3n) is 3.58. The van der Waals surface area contributed by atoms with E-state index in [9.17, 15) is 9.65 Å². The van der Waals surface area contributed by atoms with Crippen LogP contribution in [0.4, 0.5) is 4.39 Å². The molecule has 0 atom stereocenters. The Morgan fingerprint density at radius 3 is 1.96 bits per heavy atom. The molecule has 0 unspecified atom stereocenters. The summed E-state index contributed by atoms with van der Waals surface area (Å²) in [6, 6.07) is 9.91.